The fourth-order valence-corrected chi connectivity index (χ4v) is 2.38. The molecule has 1 rings (SSSR count). The van der Waals surface area contributed by atoms with Gasteiger partial charge in [0.2, 0.25) is 5.91 Å². The number of amides is 1. The van der Waals surface area contributed by atoms with Crippen LogP contribution in [0.3, 0.4) is 0 Å². The molecule has 1 saturated heterocycles. The Kier molecular flexibility index (Phi) is 5.14. The summed E-state index contributed by atoms with van der Waals surface area (Å²) in [4.78, 5) is 23.5. The second-order valence-corrected chi connectivity index (χ2v) is 5.24. The van der Waals surface area contributed by atoms with Crippen LogP contribution in [0.2, 0.25) is 0 Å². The van der Waals surface area contributed by atoms with Crippen LogP contribution in [0, 0.1) is 11.3 Å². The zero-order valence-electron chi connectivity index (χ0n) is 11.5. The van der Waals surface area contributed by atoms with E-state index in [4.69, 9.17) is 0 Å². The summed E-state index contributed by atoms with van der Waals surface area (Å²) in [5.74, 6) is -1.13. The molecule has 1 unspecified atom stereocenters. The number of carbonyl (C=O) groups excluding carboxylic acids is 1. The third kappa shape index (κ3) is 3.02. The molecular weight excluding hydrogens is 232 g/mol. The molecule has 0 bridgehead atoms. The molecule has 0 aromatic heterocycles. The highest BCUT2D eigenvalue weighted by atomic mass is 16.4. The van der Waals surface area contributed by atoms with E-state index in [2.05, 4.69) is 10.6 Å². The Morgan fingerprint density at radius 3 is 2.50 bits per heavy atom. The number of hydrogen-bond acceptors (Lipinski definition) is 3. The van der Waals surface area contributed by atoms with E-state index in [-0.39, 0.29) is 11.8 Å². The third-order valence-electron chi connectivity index (χ3n) is 4.17. The normalized spacial score (nSPS) is 26.6. The Labute approximate surface area is 108 Å². The van der Waals surface area contributed by atoms with E-state index in [1.165, 1.54) is 0 Å². The number of nitrogens with one attached hydrogen (secondary N) is 2. The number of hydrogen-bond donors (Lipinski definition) is 3. The second-order valence-electron chi connectivity index (χ2n) is 5.24. The van der Waals surface area contributed by atoms with E-state index in [9.17, 15) is 14.7 Å². The van der Waals surface area contributed by atoms with Gasteiger partial charge in [-0.05, 0) is 25.3 Å². The molecule has 0 aliphatic carbocycles. The first-order valence-electron chi connectivity index (χ1n) is 6.71. The van der Waals surface area contributed by atoms with Crippen LogP contribution in [0.1, 0.15) is 40.0 Å². The summed E-state index contributed by atoms with van der Waals surface area (Å²) in [6.45, 7) is 7.22. The lowest BCUT2D eigenvalue weighted by atomic mass is 9.82. The fraction of sp³-hybridized carbons (Fsp3) is 0.846. The minimum absolute atomic E-state index is 0.0604. The number of carboxylic acid groups (broad SMARTS) is 1. The molecule has 1 aliphatic heterocycles. The molecule has 18 heavy (non-hydrogen) atoms. The first-order chi connectivity index (χ1) is 8.46. The van der Waals surface area contributed by atoms with E-state index in [1.807, 2.05) is 20.8 Å². The van der Waals surface area contributed by atoms with Gasteiger partial charge < -0.3 is 15.7 Å². The van der Waals surface area contributed by atoms with Crippen LogP contribution >= 0.6 is 0 Å². The summed E-state index contributed by atoms with van der Waals surface area (Å²) in [5, 5.41) is 15.1. The maximum absolute atomic E-state index is 12.3. The summed E-state index contributed by atoms with van der Waals surface area (Å²) in [7, 11) is 0. The van der Waals surface area contributed by atoms with Gasteiger partial charge in [0.15, 0.2) is 0 Å². The van der Waals surface area contributed by atoms with Crippen molar-refractivity contribution < 1.29 is 14.7 Å². The van der Waals surface area contributed by atoms with Gasteiger partial charge in [-0.2, -0.15) is 0 Å². The summed E-state index contributed by atoms with van der Waals surface area (Å²) in [6, 6.07) is -0.786. The van der Waals surface area contributed by atoms with E-state index in [1.54, 1.807) is 0 Å². The van der Waals surface area contributed by atoms with Crippen molar-refractivity contribution in [1.29, 1.82) is 0 Å². The average Bonchev–Trinajstić information content (AvgIpc) is 2.84. The minimum Gasteiger partial charge on any atom is -0.480 e. The maximum Gasteiger partial charge on any atom is 0.326 e. The quantitative estimate of drug-likeness (QED) is 0.662. The Balaban J connectivity index is 2.74. The Morgan fingerprint density at radius 2 is 2.11 bits per heavy atom. The van der Waals surface area contributed by atoms with E-state index < -0.39 is 17.4 Å². The van der Waals surface area contributed by atoms with Crippen molar-refractivity contribution in [3.05, 3.63) is 0 Å². The first-order valence-corrected chi connectivity index (χ1v) is 6.71. The Bertz CT molecular complexity index is 311. The van der Waals surface area contributed by atoms with Gasteiger partial charge >= 0.3 is 5.97 Å². The lowest BCUT2D eigenvalue weighted by Gasteiger charge is -2.29. The van der Waals surface area contributed by atoms with Crippen LogP contribution in [-0.2, 0) is 9.59 Å². The first kappa shape index (κ1) is 15.0. The van der Waals surface area contributed by atoms with E-state index in [0.717, 1.165) is 25.8 Å². The monoisotopic (exact) mass is 256 g/mol. The number of aliphatic carboxylic acids is 1. The molecule has 1 heterocycles. The predicted octanol–water partition coefficient (Wildman–Crippen LogP) is 0.992. The second kappa shape index (κ2) is 6.18. The van der Waals surface area contributed by atoms with Crippen LogP contribution in [0.5, 0.6) is 0 Å². The molecule has 5 heteroatoms. The molecule has 1 aliphatic rings. The highest BCUT2D eigenvalue weighted by Gasteiger charge is 2.41. The fourth-order valence-electron chi connectivity index (χ4n) is 2.38. The van der Waals surface area contributed by atoms with Crippen LogP contribution in [-0.4, -0.2) is 36.1 Å². The van der Waals surface area contributed by atoms with Gasteiger partial charge in [-0.15, -0.1) is 0 Å². The van der Waals surface area contributed by atoms with Crippen molar-refractivity contribution in [2.75, 3.05) is 13.1 Å². The molecule has 104 valence electrons. The van der Waals surface area contributed by atoms with Crippen molar-refractivity contribution in [1.82, 2.24) is 10.6 Å². The van der Waals surface area contributed by atoms with Gasteiger partial charge in [-0.25, -0.2) is 4.79 Å². The zero-order chi connectivity index (χ0) is 13.8. The third-order valence-corrected chi connectivity index (χ3v) is 4.17. The van der Waals surface area contributed by atoms with Gasteiger partial charge in [-0.3, -0.25) is 4.79 Å². The van der Waals surface area contributed by atoms with Crippen LogP contribution in [0.15, 0.2) is 0 Å². The largest absolute Gasteiger partial charge is 0.480 e. The molecule has 3 N–H and O–H groups in total. The van der Waals surface area contributed by atoms with Crippen molar-refractivity contribution in [2.24, 2.45) is 11.3 Å². The summed E-state index contributed by atoms with van der Waals surface area (Å²) in [5.41, 5.74) is -0.429. The van der Waals surface area contributed by atoms with Crippen LogP contribution in [0.25, 0.3) is 0 Å². The summed E-state index contributed by atoms with van der Waals surface area (Å²) >= 11 is 0. The molecule has 0 saturated carbocycles. The number of carbonyl (C=O) groups is 2. The SMILES string of the molecule is CC[C@H](C)[C@H](NC(=O)C1(CC)CCNC1)C(=O)O. The molecule has 1 amide bonds. The van der Waals surface area contributed by atoms with Gasteiger partial charge in [-0.1, -0.05) is 27.2 Å². The van der Waals surface area contributed by atoms with Gasteiger partial charge in [0.1, 0.15) is 6.04 Å². The summed E-state index contributed by atoms with van der Waals surface area (Å²) in [6.07, 6.45) is 2.25. The molecule has 5 nitrogen and oxygen atoms in total. The number of carboxylic acids is 1. The Morgan fingerprint density at radius 1 is 1.44 bits per heavy atom. The molecule has 0 aromatic carbocycles. The van der Waals surface area contributed by atoms with Crippen molar-refractivity contribution in [3.8, 4) is 0 Å². The van der Waals surface area contributed by atoms with E-state index >= 15 is 0 Å². The highest BCUT2D eigenvalue weighted by Crippen LogP contribution is 2.30. The molecule has 1 fully saturated rings. The molecule has 0 aromatic rings. The van der Waals surface area contributed by atoms with Crippen molar-refractivity contribution in [2.45, 2.75) is 46.1 Å². The van der Waals surface area contributed by atoms with Gasteiger partial charge in [0.05, 0.1) is 5.41 Å². The Hall–Kier alpha value is -1.10. The standard InChI is InChI=1S/C13H24N2O3/c1-4-9(3)10(11(16)17)15-12(18)13(5-2)6-7-14-8-13/h9-10,14H,4-8H2,1-3H3,(H,15,18)(H,16,17)/t9-,10-,13?/m0/s1. The topological polar surface area (TPSA) is 78.4 Å². The molecular formula is C13H24N2O3. The minimum atomic E-state index is -0.949. The average molecular weight is 256 g/mol. The zero-order valence-corrected chi connectivity index (χ0v) is 11.5. The molecule has 0 spiro atoms. The molecule has 0 radical (unpaired) electrons. The van der Waals surface area contributed by atoms with Crippen LogP contribution in [0.4, 0.5) is 0 Å². The smallest absolute Gasteiger partial charge is 0.326 e. The number of rotatable bonds is 6. The van der Waals surface area contributed by atoms with Crippen molar-refractivity contribution in [3.63, 3.8) is 0 Å². The predicted molar refractivity (Wildman–Crippen MR) is 69.2 cm³/mol. The molecule has 3 atom stereocenters. The van der Waals surface area contributed by atoms with Gasteiger partial charge in [0, 0.05) is 6.54 Å². The van der Waals surface area contributed by atoms with Gasteiger partial charge in [0.25, 0.3) is 0 Å². The van der Waals surface area contributed by atoms with Crippen molar-refractivity contribution >= 4 is 11.9 Å². The highest BCUT2D eigenvalue weighted by molar-refractivity contribution is 5.88. The summed E-state index contributed by atoms with van der Waals surface area (Å²) < 4.78 is 0. The van der Waals surface area contributed by atoms with E-state index in [0.29, 0.717) is 6.54 Å². The van der Waals surface area contributed by atoms with Crippen LogP contribution < -0.4 is 10.6 Å². The lowest BCUT2D eigenvalue weighted by Crippen LogP contribution is -2.51. The lowest BCUT2D eigenvalue weighted by molar-refractivity contribution is -0.145. The maximum atomic E-state index is 12.3.